The summed E-state index contributed by atoms with van der Waals surface area (Å²) in [5, 5.41) is 11.3. The fourth-order valence-electron chi connectivity index (χ4n) is 2.07. The van der Waals surface area contributed by atoms with E-state index in [1.54, 1.807) is 18.3 Å². The van der Waals surface area contributed by atoms with Crippen LogP contribution in [0.3, 0.4) is 0 Å². The Hall–Kier alpha value is -2.66. The molecule has 0 saturated heterocycles. The highest BCUT2D eigenvalue weighted by Crippen LogP contribution is 2.28. The predicted molar refractivity (Wildman–Crippen MR) is 70.7 cm³/mol. The van der Waals surface area contributed by atoms with Crippen molar-refractivity contribution in [3.05, 3.63) is 66.4 Å². The van der Waals surface area contributed by atoms with Crippen molar-refractivity contribution in [2.45, 2.75) is 0 Å². The average molecular weight is 229 g/mol. The van der Waals surface area contributed by atoms with Crippen LogP contribution in [0.15, 0.2) is 54.7 Å². The third-order valence-electron chi connectivity index (χ3n) is 2.89. The van der Waals surface area contributed by atoms with Gasteiger partial charge in [0, 0.05) is 11.8 Å². The van der Waals surface area contributed by atoms with Gasteiger partial charge in [0.05, 0.1) is 11.3 Å². The summed E-state index contributed by atoms with van der Waals surface area (Å²) in [5.41, 5.74) is 2.29. The highest BCUT2D eigenvalue weighted by molar-refractivity contribution is 5.96. The molecule has 18 heavy (non-hydrogen) atoms. The second-order valence-corrected chi connectivity index (χ2v) is 3.95. The molecule has 3 rings (SSSR count). The minimum atomic E-state index is 0.592. The second kappa shape index (κ2) is 4.31. The monoisotopic (exact) mass is 229 g/mol. The van der Waals surface area contributed by atoms with E-state index in [1.165, 1.54) is 0 Å². The van der Waals surface area contributed by atoms with Gasteiger partial charge in [-0.1, -0.05) is 36.4 Å². The van der Waals surface area contributed by atoms with Crippen molar-refractivity contribution in [2.24, 2.45) is 0 Å². The molecule has 0 unspecified atom stereocenters. The highest BCUT2D eigenvalue weighted by Gasteiger charge is 2.08. The van der Waals surface area contributed by atoms with Crippen molar-refractivity contribution in [3.63, 3.8) is 0 Å². The molecule has 0 aliphatic rings. The van der Waals surface area contributed by atoms with E-state index in [9.17, 15) is 0 Å². The number of pyridine rings is 1. The molecule has 1 aromatic heterocycles. The Morgan fingerprint density at radius 2 is 1.94 bits per heavy atom. The van der Waals surface area contributed by atoms with Crippen LogP contribution in [0, 0.1) is 17.4 Å². The van der Waals surface area contributed by atoms with E-state index in [0.717, 1.165) is 22.0 Å². The van der Waals surface area contributed by atoms with E-state index in [1.807, 2.05) is 36.4 Å². The molecule has 0 spiro atoms. The van der Waals surface area contributed by atoms with Crippen LogP contribution in [0.5, 0.6) is 0 Å². The molecule has 1 radical (unpaired) electrons. The standard InChI is InChI=1S/C16H9N2/c17-11-13-7-4-10-18-16(13)15-9-3-6-12-5-1-2-8-14(12)15/h1-5,7-10H. The number of benzene rings is 2. The average Bonchev–Trinajstić information content (AvgIpc) is 2.46. The smallest absolute Gasteiger partial charge is 0.101 e. The normalized spacial score (nSPS) is 10.2. The molecule has 2 heteroatoms. The van der Waals surface area contributed by atoms with Gasteiger partial charge in [-0.15, -0.1) is 0 Å². The summed E-state index contributed by atoms with van der Waals surface area (Å²) < 4.78 is 0. The van der Waals surface area contributed by atoms with Crippen LogP contribution in [-0.4, -0.2) is 4.98 Å². The van der Waals surface area contributed by atoms with Crippen LogP contribution in [0.25, 0.3) is 22.0 Å². The van der Waals surface area contributed by atoms with Crippen LogP contribution < -0.4 is 0 Å². The zero-order chi connectivity index (χ0) is 12.4. The summed E-state index contributed by atoms with van der Waals surface area (Å²) in [6.07, 6.45) is 1.71. The number of nitriles is 1. The Bertz CT molecular complexity index is 749. The number of aromatic nitrogens is 1. The largest absolute Gasteiger partial charge is 0.255 e. The predicted octanol–water partition coefficient (Wildman–Crippen LogP) is 3.57. The number of rotatable bonds is 1. The molecular formula is C16H9N2. The number of hydrogen-bond donors (Lipinski definition) is 0. The molecule has 3 aromatic rings. The van der Waals surface area contributed by atoms with E-state index >= 15 is 0 Å². The maximum absolute atomic E-state index is 9.15. The minimum absolute atomic E-state index is 0.592. The van der Waals surface area contributed by atoms with E-state index in [-0.39, 0.29) is 0 Å². The first kappa shape index (κ1) is 10.5. The fraction of sp³-hybridized carbons (Fsp3) is 0. The quantitative estimate of drug-likeness (QED) is 0.639. The molecule has 83 valence electrons. The number of fused-ring (bicyclic) bond motifs is 1. The Morgan fingerprint density at radius 3 is 2.83 bits per heavy atom. The van der Waals surface area contributed by atoms with Gasteiger partial charge in [-0.2, -0.15) is 5.26 Å². The van der Waals surface area contributed by atoms with E-state index in [0.29, 0.717) is 5.56 Å². The molecule has 0 N–H and O–H groups in total. The van der Waals surface area contributed by atoms with E-state index in [2.05, 4.69) is 17.1 Å². The molecule has 0 fully saturated rings. The Kier molecular flexibility index (Phi) is 2.51. The second-order valence-electron chi connectivity index (χ2n) is 3.95. The third-order valence-corrected chi connectivity index (χ3v) is 2.89. The molecule has 2 aromatic carbocycles. The molecule has 1 heterocycles. The number of hydrogen-bond acceptors (Lipinski definition) is 2. The van der Waals surface area contributed by atoms with Crippen LogP contribution in [0.1, 0.15) is 5.56 Å². The Morgan fingerprint density at radius 1 is 1.06 bits per heavy atom. The van der Waals surface area contributed by atoms with E-state index < -0.39 is 0 Å². The van der Waals surface area contributed by atoms with Crippen molar-refractivity contribution < 1.29 is 0 Å². The van der Waals surface area contributed by atoms with Gasteiger partial charge in [0.15, 0.2) is 0 Å². The minimum Gasteiger partial charge on any atom is -0.255 e. The van der Waals surface area contributed by atoms with Gasteiger partial charge >= 0.3 is 0 Å². The summed E-state index contributed by atoms with van der Waals surface area (Å²) >= 11 is 0. The lowest BCUT2D eigenvalue weighted by Crippen LogP contribution is -1.89. The molecule has 0 aliphatic heterocycles. The van der Waals surface area contributed by atoms with Crippen LogP contribution >= 0.6 is 0 Å². The van der Waals surface area contributed by atoms with Crippen molar-refractivity contribution >= 4 is 10.8 Å². The highest BCUT2D eigenvalue weighted by atomic mass is 14.7. The first-order valence-electron chi connectivity index (χ1n) is 5.65. The first-order valence-corrected chi connectivity index (χ1v) is 5.65. The maximum atomic E-state index is 9.15. The zero-order valence-electron chi connectivity index (χ0n) is 9.59. The topological polar surface area (TPSA) is 36.7 Å². The lowest BCUT2D eigenvalue weighted by molar-refractivity contribution is 1.31. The molecule has 0 saturated carbocycles. The Labute approximate surface area is 105 Å². The van der Waals surface area contributed by atoms with Crippen molar-refractivity contribution in [1.82, 2.24) is 4.98 Å². The van der Waals surface area contributed by atoms with Gasteiger partial charge in [0.1, 0.15) is 6.07 Å². The maximum Gasteiger partial charge on any atom is 0.101 e. The Balaban J connectivity index is 2.36. The van der Waals surface area contributed by atoms with Gasteiger partial charge in [-0.25, -0.2) is 0 Å². The van der Waals surface area contributed by atoms with Crippen LogP contribution in [-0.2, 0) is 0 Å². The van der Waals surface area contributed by atoms with Crippen molar-refractivity contribution in [2.75, 3.05) is 0 Å². The molecule has 0 aliphatic carbocycles. The first-order chi connectivity index (χ1) is 8.90. The van der Waals surface area contributed by atoms with Crippen molar-refractivity contribution in [1.29, 1.82) is 5.26 Å². The molecule has 2 nitrogen and oxygen atoms in total. The SMILES string of the molecule is N#Cc1cccnc1-c1cc[c]c2ccccc12. The zero-order valence-corrected chi connectivity index (χ0v) is 9.59. The summed E-state index contributed by atoms with van der Waals surface area (Å²) in [7, 11) is 0. The molecule has 0 atom stereocenters. The van der Waals surface area contributed by atoms with Crippen LogP contribution in [0.4, 0.5) is 0 Å². The summed E-state index contributed by atoms with van der Waals surface area (Å²) in [6.45, 7) is 0. The van der Waals surface area contributed by atoms with Gasteiger partial charge in [0.2, 0.25) is 0 Å². The lowest BCUT2D eigenvalue weighted by Gasteiger charge is -2.06. The number of nitrogens with zero attached hydrogens (tertiary/aromatic N) is 2. The summed E-state index contributed by atoms with van der Waals surface area (Å²) in [6, 6.07) is 20.7. The van der Waals surface area contributed by atoms with E-state index in [4.69, 9.17) is 5.26 Å². The third kappa shape index (κ3) is 1.63. The summed E-state index contributed by atoms with van der Waals surface area (Å²) in [5.74, 6) is 0. The van der Waals surface area contributed by atoms with Crippen LogP contribution in [0.2, 0.25) is 0 Å². The molecular weight excluding hydrogens is 220 g/mol. The fourth-order valence-corrected chi connectivity index (χ4v) is 2.07. The van der Waals surface area contributed by atoms with Crippen molar-refractivity contribution in [3.8, 4) is 17.3 Å². The van der Waals surface area contributed by atoms with Gasteiger partial charge < -0.3 is 0 Å². The molecule has 0 bridgehead atoms. The molecule has 0 amide bonds. The lowest BCUT2D eigenvalue weighted by atomic mass is 9.99. The summed E-state index contributed by atoms with van der Waals surface area (Å²) in [4.78, 5) is 4.33. The van der Waals surface area contributed by atoms with Gasteiger partial charge in [-0.05, 0) is 29.0 Å². The van der Waals surface area contributed by atoms with Gasteiger partial charge in [0.25, 0.3) is 0 Å². The van der Waals surface area contributed by atoms with Gasteiger partial charge in [-0.3, -0.25) is 4.98 Å².